The highest BCUT2D eigenvalue weighted by Crippen LogP contribution is 2.38. The van der Waals surface area contributed by atoms with Crippen molar-refractivity contribution < 1.29 is 22.7 Å². The Bertz CT molecular complexity index is 866. The first kappa shape index (κ1) is 20.1. The fourth-order valence-corrected chi connectivity index (χ4v) is 5.79. The molecule has 0 radical (unpaired) electrons. The average Bonchev–Trinajstić information content (AvgIpc) is 3.05. The van der Waals surface area contributed by atoms with Gasteiger partial charge in [0.15, 0.2) is 0 Å². The third-order valence-electron chi connectivity index (χ3n) is 4.76. The van der Waals surface area contributed by atoms with E-state index in [2.05, 4.69) is 15.9 Å². The van der Waals surface area contributed by atoms with Crippen LogP contribution in [0.25, 0.3) is 0 Å². The number of carbonyl (C=O) groups excluding carboxylic acids is 2. The van der Waals surface area contributed by atoms with Crippen molar-refractivity contribution in [1.29, 1.82) is 0 Å². The first-order valence-electron chi connectivity index (χ1n) is 8.78. The van der Waals surface area contributed by atoms with Crippen molar-refractivity contribution in [1.82, 2.24) is 9.21 Å². The SMILES string of the molecule is CCOC(=O)N1CCN(S(=O)(=O)c2cc(Br)cc3c2N(C(C)=O)CC3)CC1. The molecule has 2 aliphatic rings. The van der Waals surface area contributed by atoms with Crippen LogP contribution in [0.3, 0.4) is 0 Å². The van der Waals surface area contributed by atoms with Gasteiger partial charge in [0.25, 0.3) is 0 Å². The summed E-state index contributed by atoms with van der Waals surface area (Å²) in [6, 6.07) is 3.41. The molecule has 27 heavy (non-hydrogen) atoms. The molecule has 2 heterocycles. The molecule has 8 nitrogen and oxygen atoms in total. The van der Waals surface area contributed by atoms with Gasteiger partial charge in [0.05, 0.1) is 12.3 Å². The molecular weight excluding hydrogens is 438 g/mol. The van der Waals surface area contributed by atoms with Crippen molar-refractivity contribution >= 4 is 43.6 Å². The molecule has 0 saturated carbocycles. The summed E-state index contributed by atoms with van der Waals surface area (Å²) in [7, 11) is -3.81. The van der Waals surface area contributed by atoms with E-state index in [-0.39, 0.29) is 43.6 Å². The summed E-state index contributed by atoms with van der Waals surface area (Å²) >= 11 is 3.38. The molecule has 0 unspecified atom stereocenters. The van der Waals surface area contributed by atoms with E-state index < -0.39 is 16.1 Å². The van der Waals surface area contributed by atoms with Crippen LogP contribution in [0.15, 0.2) is 21.5 Å². The average molecular weight is 460 g/mol. The van der Waals surface area contributed by atoms with E-state index in [4.69, 9.17) is 4.74 Å². The van der Waals surface area contributed by atoms with Gasteiger partial charge in [-0.25, -0.2) is 13.2 Å². The van der Waals surface area contributed by atoms with Crippen LogP contribution in [0.1, 0.15) is 19.4 Å². The standard InChI is InChI=1S/C17H22BrN3O5S/c1-3-26-17(23)19-6-8-20(9-7-19)27(24,25)15-11-14(18)10-13-4-5-21(12(2)22)16(13)15/h10-11H,3-9H2,1-2H3. The first-order chi connectivity index (χ1) is 12.8. The number of rotatable bonds is 3. The molecule has 0 spiro atoms. The van der Waals surface area contributed by atoms with Gasteiger partial charge in [-0.2, -0.15) is 4.31 Å². The first-order valence-corrected chi connectivity index (χ1v) is 11.0. The van der Waals surface area contributed by atoms with Crippen LogP contribution in [0.4, 0.5) is 10.5 Å². The molecule has 2 amide bonds. The lowest BCUT2D eigenvalue weighted by molar-refractivity contribution is -0.116. The van der Waals surface area contributed by atoms with Crippen molar-refractivity contribution in [2.24, 2.45) is 0 Å². The summed E-state index contributed by atoms with van der Waals surface area (Å²) in [5.74, 6) is -0.181. The smallest absolute Gasteiger partial charge is 0.409 e. The van der Waals surface area contributed by atoms with Crippen LogP contribution in [0.5, 0.6) is 0 Å². The molecule has 0 atom stereocenters. The van der Waals surface area contributed by atoms with Gasteiger partial charge >= 0.3 is 6.09 Å². The molecule has 2 aliphatic heterocycles. The highest BCUT2D eigenvalue weighted by atomic mass is 79.9. The minimum absolute atomic E-state index is 0.129. The summed E-state index contributed by atoms with van der Waals surface area (Å²) in [6.45, 7) is 4.82. The summed E-state index contributed by atoms with van der Waals surface area (Å²) in [5.41, 5.74) is 1.31. The predicted molar refractivity (Wildman–Crippen MR) is 103 cm³/mol. The highest BCUT2D eigenvalue weighted by Gasteiger charge is 2.36. The molecule has 3 rings (SSSR count). The molecule has 148 valence electrons. The van der Waals surface area contributed by atoms with Gasteiger partial charge in [-0.1, -0.05) is 15.9 Å². The van der Waals surface area contributed by atoms with Gasteiger partial charge in [0, 0.05) is 44.1 Å². The topological polar surface area (TPSA) is 87.2 Å². The van der Waals surface area contributed by atoms with Crippen molar-refractivity contribution in [3.8, 4) is 0 Å². The molecule has 0 aromatic heterocycles. The number of benzene rings is 1. The zero-order valence-electron chi connectivity index (χ0n) is 15.3. The monoisotopic (exact) mass is 459 g/mol. The van der Waals surface area contributed by atoms with Gasteiger partial charge in [0.2, 0.25) is 15.9 Å². The molecular formula is C17H22BrN3O5S. The van der Waals surface area contributed by atoms with Crippen LogP contribution in [-0.4, -0.2) is 69.0 Å². The van der Waals surface area contributed by atoms with E-state index in [0.717, 1.165) is 5.56 Å². The summed E-state index contributed by atoms with van der Waals surface area (Å²) < 4.78 is 33.6. The van der Waals surface area contributed by atoms with Gasteiger partial charge < -0.3 is 14.5 Å². The Morgan fingerprint density at radius 3 is 2.41 bits per heavy atom. The number of ether oxygens (including phenoxy) is 1. The largest absolute Gasteiger partial charge is 0.450 e. The van der Waals surface area contributed by atoms with Crippen molar-refractivity contribution in [2.75, 3.05) is 44.2 Å². The summed E-state index contributed by atoms with van der Waals surface area (Å²) in [4.78, 5) is 27.0. The van der Waals surface area contributed by atoms with E-state index in [1.54, 1.807) is 13.0 Å². The second-order valence-electron chi connectivity index (χ2n) is 6.42. The van der Waals surface area contributed by atoms with Gasteiger partial charge in [0.1, 0.15) is 4.90 Å². The zero-order valence-corrected chi connectivity index (χ0v) is 17.7. The van der Waals surface area contributed by atoms with E-state index in [0.29, 0.717) is 23.1 Å². The third kappa shape index (κ3) is 3.83. The number of amides is 2. The molecule has 0 aliphatic carbocycles. The Morgan fingerprint density at radius 2 is 1.81 bits per heavy atom. The predicted octanol–water partition coefficient (Wildman–Crippen LogP) is 1.82. The van der Waals surface area contributed by atoms with Crippen LogP contribution < -0.4 is 4.90 Å². The molecule has 1 aromatic rings. The van der Waals surface area contributed by atoms with Crippen molar-refractivity contribution in [3.05, 3.63) is 22.2 Å². The van der Waals surface area contributed by atoms with E-state index in [9.17, 15) is 18.0 Å². The maximum Gasteiger partial charge on any atom is 0.409 e. The van der Waals surface area contributed by atoms with E-state index >= 15 is 0 Å². The Kier molecular flexibility index (Phi) is 5.78. The number of carbonyl (C=O) groups is 2. The Morgan fingerprint density at radius 1 is 1.15 bits per heavy atom. The number of fused-ring (bicyclic) bond motifs is 1. The van der Waals surface area contributed by atoms with Gasteiger partial charge in [-0.05, 0) is 31.0 Å². The number of anilines is 1. The molecule has 1 fully saturated rings. The lowest BCUT2D eigenvalue weighted by atomic mass is 10.2. The molecule has 1 saturated heterocycles. The van der Waals surface area contributed by atoms with E-state index in [1.165, 1.54) is 21.0 Å². The van der Waals surface area contributed by atoms with Crippen LogP contribution in [-0.2, 0) is 26.0 Å². The summed E-state index contributed by atoms with van der Waals surface area (Å²) in [5, 5.41) is 0. The maximum atomic E-state index is 13.3. The number of nitrogens with zero attached hydrogens (tertiary/aromatic N) is 3. The normalized spacial score (nSPS) is 17.7. The second-order valence-corrected chi connectivity index (χ2v) is 9.24. The Hall–Kier alpha value is -1.65. The lowest BCUT2D eigenvalue weighted by Crippen LogP contribution is -2.50. The fraction of sp³-hybridized carbons (Fsp3) is 0.529. The minimum atomic E-state index is -3.81. The van der Waals surface area contributed by atoms with Crippen LogP contribution in [0.2, 0.25) is 0 Å². The number of hydrogen-bond donors (Lipinski definition) is 0. The Labute approximate surface area is 167 Å². The Balaban J connectivity index is 1.89. The molecule has 10 heteroatoms. The van der Waals surface area contributed by atoms with Crippen molar-refractivity contribution in [2.45, 2.75) is 25.2 Å². The van der Waals surface area contributed by atoms with Crippen LogP contribution >= 0.6 is 15.9 Å². The summed E-state index contributed by atoms with van der Waals surface area (Å²) in [6.07, 6.45) is 0.189. The quantitative estimate of drug-likeness (QED) is 0.687. The fourth-order valence-electron chi connectivity index (χ4n) is 3.45. The third-order valence-corrected chi connectivity index (χ3v) is 7.13. The molecule has 1 aromatic carbocycles. The minimum Gasteiger partial charge on any atom is -0.450 e. The number of halogens is 1. The zero-order chi connectivity index (χ0) is 19.8. The van der Waals surface area contributed by atoms with E-state index in [1.807, 2.05) is 6.07 Å². The number of hydrogen-bond acceptors (Lipinski definition) is 5. The number of piperazine rings is 1. The lowest BCUT2D eigenvalue weighted by Gasteiger charge is -2.34. The van der Waals surface area contributed by atoms with Crippen LogP contribution in [0, 0.1) is 0 Å². The maximum absolute atomic E-state index is 13.3. The molecule has 0 bridgehead atoms. The molecule has 0 N–H and O–H groups in total. The van der Waals surface area contributed by atoms with Crippen molar-refractivity contribution in [3.63, 3.8) is 0 Å². The number of sulfonamides is 1. The van der Waals surface area contributed by atoms with Gasteiger partial charge in [-0.3, -0.25) is 4.79 Å². The highest BCUT2D eigenvalue weighted by molar-refractivity contribution is 9.10. The van der Waals surface area contributed by atoms with Gasteiger partial charge in [-0.15, -0.1) is 0 Å². The second kappa shape index (κ2) is 7.76.